The Labute approximate surface area is 190 Å². The maximum absolute atomic E-state index is 13.6. The molecule has 3 saturated carbocycles. The second-order valence-corrected chi connectivity index (χ2v) is 13.6. The van der Waals surface area contributed by atoms with Gasteiger partial charge in [-0.2, -0.15) is 13.5 Å². The molecular formula is C26H42N2O2S. The molecule has 4 nitrogen and oxygen atoms in total. The number of hydrazone groups is 1. The van der Waals surface area contributed by atoms with E-state index in [-0.39, 0.29) is 22.7 Å². The molecule has 5 heteroatoms. The third kappa shape index (κ3) is 4.19. The lowest BCUT2D eigenvalue weighted by atomic mass is 9.41. The molecule has 2 bridgehead atoms. The summed E-state index contributed by atoms with van der Waals surface area (Å²) in [4.78, 5) is 3.10. The van der Waals surface area contributed by atoms with Gasteiger partial charge < -0.3 is 0 Å². The molecule has 0 unspecified atom stereocenters. The van der Waals surface area contributed by atoms with Crippen molar-refractivity contribution in [3.05, 3.63) is 28.8 Å². The van der Waals surface area contributed by atoms with Gasteiger partial charge >= 0.3 is 0 Å². The predicted octanol–water partition coefficient (Wildman–Crippen LogP) is 6.78. The lowest BCUT2D eigenvalue weighted by Gasteiger charge is -2.63. The van der Waals surface area contributed by atoms with Crippen LogP contribution in [0.2, 0.25) is 0 Å². The Balaban J connectivity index is 2.05. The quantitative estimate of drug-likeness (QED) is 0.489. The first-order valence-electron chi connectivity index (χ1n) is 11.9. The molecule has 0 saturated heterocycles. The fourth-order valence-corrected chi connectivity index (χ4v) is 7.55. The van der Waals surface area contributed by atoms with Gasteiger partial charge in [-0.05, 0) is 64.0 Å². The highest BCUT2D eigenvalue weighted by atomic mass is 32.2. The van der Waals surface area contributed by atoms with Gasteiger partial charge in [0.05, 0.1) is 4.90 Å². The summed E-state index contributed by atoms with van der Waals surface area (Å²) >= 11 is 0. The second kappa shape index (κ2) is 7.90. The first-order valence-corrected chi connectivity index (χ1v) is 13.3. The van der Waals surface area contributed by atoms with Crippen molar-refractivity contribution in [2.45, 2.75) is 105 Å². The van der Waals surface area contributed by atoms with Crippen molar-refractivity contribution < 1.29 is 8.42 Å². The van der Waals surface area contributed by atoms with Crippen molar-refractivity contribution >= 4 is 15.7 Å². The summed E-state index contributed by atoms with van der Waals surface area (Å²) in [5, 5.41) is 4.58. The fraction of sp³-hybridized carbons (Fsp3) is 0.731. The van der Waals surface area contributed by atoms with Crippen LogP contribution in [-0.4, -0.2) is 14.1 Å². The number of rotatable bonds is 6. The molecule has 1 N–H and O–H groups in total. The highest BCUT2D eigenvalue weighted by molar-refractivity contribution is 7.89. The van der Waals surface area contributed by atoms with Gasteiger partial charge in [0.2, 0.25) is 0 Å². The van der Waals surface area contributed by atoms with Crippen molar-refractivity contribution in [3.8, 4) is 0 Å². The van der Waals surface area contributed by atoms with Crippen LogP contribution in [0, 0.1) is 22.7 Å². The van der Waals surface area contributed by atoms with Crippen molar-refractivity contribution in [2.75, 3.05) is 0 Å². The molecule has 0 amide bonds. The van der Waals surface area contributed by atoms with Crippen LogP contribution >= 0.6 is 0 Å². The SMILES string of the molecule is CC(C)c1cc(C(C)C)c(S(=O)(=O)N/N=C2/CC(C)(C)[C@H]3C[C@H]2C3(C)C)c(C(C)C)c1. The Morgan fingerprint density at radius 1 is 0.935 bits per heavy atom. The van der Waals surface area contributed by atoms with Gasteiger partial charge in [0.25, 0.3) is 10.0 Å². The summed E-state index contributed by atoms with van der Waals surface area (Å²) in [5.74, 6) is 1.60. The highest BCUT2D eigenvalue weighted by Gasteiger charge is 2.60. The largest absolute Gasteiger partial charge is 0.277 e. The van der Waals surface area contributed by atoms with Crippen molar-refractivity contribution in [1.29, 1.82) is 0 Å². The van der Waals surface area contributed by atoms with Gasteiger partial charge in [-0.25, -0.2) is 4.83 Å². The topological polar surface area (TPSA) is 58.5 Å². The number of nitrogens with one attached hydrogen (secondary N) is 1. The molecule has 0 spiro atoms. The van der Waals surface area contributed by atoms with Crippen LogP contribution in [0.25, 0.3) is 0 Å². The number of benzene rings is 1. The average Bonchev–Trinajstić information content (AvgIpc) is 2.63. The molecule has 0 aromatic heterocycles. The van der Waals surface area contributed by atoms with Crippen LogP contribution in [0.4, 0.5) is 0 Å². The summed E-state index contributed by atoms with van der Waals surface area (Å²) in [6.07, 6.45) is 1.97. The molecule has 0 aliphatic heterocycles. The Bertz CT molecular complexity index is 948. The van der Waals surface area contributed by atoms with E-state index in [0.29, 0.717) is 22.6 Å². The zero-order valence-electron chi connectivity index (χ0n) is 21.1. The van der Waals surface area contributed by atoms with E-state index in [4.69, 9.17) is 0 Å². The smallest absolute Gasteiger partial charge is 0.200 e. The van der Waals surface area contributed by atoms with Crippen molar-refractivity contribution in [3.63, 3.8) is 0 Å². The van der Waals surface area contributed by atoms with E-state index >= 15 is 0 Å². The Morgan fingerprint density at radius 2 is 1.45 bits per heavy atom. The normalized spacial score (nSPS) is 25.9. The molecule has 174 valence electrons. The van der Waals surface area contributed by atoms with Gasteiger partial charge in [0, 0.05) is 11.6 Å². The molecule has 0 heterocycles. The minimum Gasteiger partial charge on any atom is -0.200 e. The maximum atomic E-state index is 13.6. The van der Waals surface area contributed by atoms with Crippen LogP contribution in [0.1, 0.15) is 117 Å². The number of nitrogens with zero attached hydrogens (tertiary/aromatic N) is 1. The number of fused-ring (bicyclic) bond motifs is 2. The van der Waals surface area contributed by atoms with Crippen LogP contribution in [0.5, 0.6) is 0 Å². The molecular weight excluding hydrogens is 404 g/mol. The summed E-state index contributed by atoms with van der Waals surface area (Å²) in [6.45, 7) is 21.7. The van der Waals surface area contributed by atoms with E-state index in [9.17, 15) is 8.42 Å². The summed E-state index contributed by atoms with van der Waals surface area (Å²) < 4.78 is 27.3. The van der Waals surface area contributed by atoms with E-state index in [1.165, 1.54) is 5.56 Å². The van der Waals surface area contributed by atoms with E-state index in [1.807, 2.05) is 0 Å². The third-order valence-corrected chi connectivity index (χ3v) is 9.25. The molecule has 1 aromatic rings. The zero-order chi connectivity index (χ0) is 23.5. The summed E-state index contributed by atoms with van der Waals surface area (Å²) in [7, 11) is -3.77. The molecule has 0 radical (unpaired) electrons. The summed E-state index contributed by atoms with van der Waals surface area (Å²) in [5.41, 5.74) is 4.29. The highest BCUT2D eigenvalue weighted by Crippen LogP contribution is 2.64. The van der Waals surface area contributed by atoms with Crippen LogP contribution in [0.15, 0.2) is 22.1 Å². The van der Waals surface area contributed by atoms with Crippen LogP contribution in [0.3, 0.4) is 0 Å². The minimum absolute atomic E-state index is 0.107. The number of hydrogen-bond donors (Lipinski definition) is 1. The Kier molecular flexibility index (Phi) is 6.19. The zero-order valence-corrected chi connectivity index (χ0v) is 21.9. The van der Waals surface area contributed by atoms with E-state index < -0.39 is 10.0 Å². The lowest BCUT2D eigenvalue weighted by Crippen LogP contribution is -2.60. The van der Waals surface area contributed by atoms with Gasteiger partial charge in [0.1, 0.15) is 0 Å². The standard InChI is InChI=1S/C26H42N2O2S/c1-15(2)18-11-19(16(3)4)24(20(12-18)17(5)6)31(29,30)28-27-22-14-25(7,8)23-13-21(22)26(23,9)10/h11-12,15-17,21,23,28H,13-14H2,1-10H3/b27-22-/t21-,23-/m1/s1. The first-order chi connectivity index (χ1) is 14.1. The average molecular weight is 447 g/mol. The summed E-state index contributed by atoms with van der Waals surface area (Å²) in [6, 6.07) is 4.15. The second-order valence-electron chi connectivity index (χ2n) is 12.0. The fourth-order valence-electron chi connectivity index (χ4n) is 6.01. The molecule has 31 heavy (non-hydrogen) atoms. The lowest BCUT2D eigenvalue weighted by molar-refractivity contribution is -0.0802. The molecule has 3 aliphatic rings. The van der Waals surface area contributed by atoms with Crippen LogP contribution < -0.4 is 4.83 Å². The number of sulfonamides is 1. The van der Waals surface area contributed by atoms with Gasteiger partial charge in [-0.3, -0.25) is 0 Å². The van der Waals surface area contributed by atoms with Crippen LogP contribution in [-0.2, 0) is 10.0 Å². The Hall–Kier alpha value is -1.36. The van der Waals surface area contributed by atoms with E-state index in [0.717, 1.165) is 29.7 Å². The molecule has 3 fully saturated rings. The monoisotopic (exact) mass is 446 g/mol. The molecule has 4 rings (SSSR count). The molecule has 3 aliphatic carbocycles. The minimum atomic E-state index is -3.77. The van der Waals surface area contributed by atoms with E-state index in [2.05, 4.69) is 91.3 Å². The third-order valence-electron chi connectivity index (χ3n) is 7.91. The molecule has 2 atom stereocenters. The van der Waals surface area contributed by atoms with Crippen molar-refractivity contribution in [1.82, 2.24) is 4.83 Å². The first kappa shape index (κ1) is 24.3. The number of hydrogen-bond acceptors (Lipinski definition) is 3. The van der Waals surface area contributed by atoms with Crippen molar-refractivity contribution in [2.24, 2.45) is 27.8 Å². The predicted molar refractivity (Wildman–Crippen MR) is 130 cm³/mol. The van der Waals surface area contributed by atoms with Gasteiger partial charge in [0.15, 0.2) is 0 Å². The van der Waals surface area contributed by atoms with Gasteiger partial charge in [-0.15, -0.1) is 0 Å². The van der Waals surface area contributed by atoms with Gasteiger partial charge in [-0.1, -0.05) is 81.4 Å². The van der Waals surface area contributed by atoms with E-state index in [1.54, 1.807) is 0 Å². The Morgan fingerprint density at radius 3 is 1.84 bits per heavy atom. The maximum Gasteiger partial charge on any atom is 0.277 e. The molecule has 1 aromatic carbocycles.